The van der Waals surface area contributed by atoms with E-state index in [-0.39, 0.29) is 5.92 Å². The van der Waals surface area contributed by atoms with Crippen molar-refractivity contribution >= 4 is 11.8 Å². The molecule has 0 atom stereocenters. The van der Waals surface area contributed by atoms with Crippen LogP contribution in [-0.4, -0.2) is 22.0 Å². The molecule has 0 saturated carbocycles. The Morgan fingerprint density at radius 1 is 1.24 bits per heavy atom. The maximum atomic E-state index is 12.1. The molecule has 0 aromatic carbocycles. The van der Waals surface area contributed by atoms with Gasteiger partial charge < -0.3 is 4.52 Å². The zero-order valence-corrected chi connectivity index (χ0v) is 12.0. The molecule has 0 saturated heterocycles. The van der Waals surface area contributed by atoms with Crippen LogP contribution in [0.3, 0.4) is 0 Å². The molecule has 2 amide bonds. The molecule has 7 nitrogen and oxygen atoms in total. The zero-order chi connectivity index (χ0) is 15.4. The quantitative estimate of drug-likeness (QED) is 0.836. The van der Waals surface area contributed by atoms with Crippen molar-refractivity contribution in [1.29, 1.82) is 0 Å². The van der Waals surface area contributed by atoms with E-state index in [2.05, 4.69) is 21.0 Å². The van der Waals surface area contributed by atoms with Crippen LogP contribution in [0.5, 0.6) is 0 Å². The Bertz CT molecular complexity index is 649. The topological polar surface area (TPSA) is 97.1 Å². The molecule has 110 valence electrons. The van der Waals surface area contributed by atoms with Crippen molar-refractivity contribution in [3.63, 3.8) is 0 Å². The predicted octanol–water partition coefficient (Wildman–Crippen LogP) is 1.58. The van der Waals surface area contributed by atoms with Crippen LogP contribution < -0.4 is 10.9 Å². The molecule has 0 fully saturated rings. The minimum Gasteiger partial charge on any atom is -0.360 e. The smallest absolute Gasteiger partial charge is 0.275 e. The van der Waals surface area contributed by atoms with E-state index in [1.807, 2.05) is 13.8 Å². The third-order valence-electron chi connectivity index (χ3n) is 2.85. The van der Waals surface area contributed by atoms with E-state index in [4.69, 9.17) is 4.52 Å². The van der Waals surface area contributed by atoms with Crippen LogP contribution in [0.25, 0.3) is 0 Å². The molecule has 2 heterocycles. The molecular formula is C14H16N4O3. The van der Waals surface area contributed by atoms with Gasteiger partial charge in [-0.15, -0.1) is 0 Å². The third kappa shape index (κ3) is 3.25. The van der Waals surface area contributed by atoms with Crippen LogP contribution in [0.15, 0.2) is 29.0 Å². The molecule has 2 rings (SSSR count). The molecule has 0 radical (unpaired) electrons. The van der Waals surface area contributed by atoms with Gasteiger partial charge in [0.1, 0.15) is 5.56 Å². The molecule has 7 heteroatoms. The average molecular weight is 288 g/mol. The molecule has 0 unspecified atom stereocenters. The number of hydrogen-bond donors (Lipinski definition) is 2. The van der Waals surface area contributed by atoms with E-state index in [9.17, 15) is 9.59 Å². The maximum absolute atomic E-state index is 12.1. The molecule has 0 bridgehead atoms. The fourth-order valence-corrected chi connectivity index (χ4v) is 1.80. The first-order chi connectivity index (χ1) is 10.0. The molecule has 0 aliphatic heterocycles. The van der Waals surface area contributed by atoms with Gasteiger partial charge in [-0.25, -0.2) is 0 Å². The lowest BCUT2D eigenvalue weighted by molar-refractivity contribution is 0.0844. The van der Waals surface area contributed by atoms with Gasteiger partial charge in [-0.05, 0) is 19.1 Å². The number of hydrogen-bond acceptors (Lipinski definition) is 5. The first-order valence-corrected chi connectivity index (χ1v) is 6.47. The highest BCUT2D eigenvalue weighted by Crippen LogP contribution is 2.21. The van der Waals surface area contributed by atoms with E-state index in [0.717, 1.165) is 0 Å². The van der Waals surface area contributed by atoms with Crippen molar-refractivity contribution in [3.05, 3.63) is 47.1 Å². The minimum atomic E-state index is -0.463. The van der Waals surface area contributed by atoms with E-state index in [0.29, 0.717) is 22.6 Å². The largest absolute Gasteiger partial charge is 0.360 e. The first-order valence-electron chi connectivity index (χ1n) is 6.47. The number of aromatic nitrogens is 2. The Balaban J connectivity index is 2.06. The Kier molecular flexibility index (Phi) is 4.32. The molecule has 0 aliphatic rings. The number of aryl methyl sites for hydroxylation is 1. The van der Waals surface area contributed by atoms with Gasteiger partial charge in [-0.1, -0.05) is 19.0 Å². The van der Waals surface area contributed by atoms with Crippen LogP contribution >= 0.6 is 0 Å². The number of carbonyl (C=O) groups excluding carboxylic acids is 2. The predicted molar refractivity (Wildman–Crippen MR) is 74.5 cm³/mol. The SMILES string of the molecule is Cc1noc(C(C)C)c1C(=O)NNC(=O)c1cccnc1. The molecule has 0 spiro atoms. The summed E-state index contributed by atoms with van der Waals surface area (Å²) >= 11 is 0. The number of carbonyl (C=O) groups is 2. The van der Waals surface area contributed by atoms with Crippen molar-refractivity contribution in [2.24, 2.45) is 0 Å². The summed E-state index contributed by atoms with van der Waals surface area (Å²) in [5.74, 6) is -0.409. The Labute approximate surface area is 121 Å². The van der Waals surface area contributed by atoms with Crippen LogP contribution in [0.4, 0.5) is 0 Å². The number of nitrogens with one attached hydrogen (secondary N) is 2. The number of nitrogens with zero attached hydrogens (tertiary/aromatic N) is 2. The fourth-order valence-electron chi connectivity index (χ4n) is 1.80. The number of hydrazine groups is 1. The highest BCUT2D eigenvalue weighted by Gasteiger charge is 2.22. The van der Waals surface area contributed by atoms with Gasteiger partial charge in [0, 0.05) is 18.3 Å². The summed E-state index contributed by atoms with van der Waals surface area (Å²) in [6.45, 7) is 5.46. The lowest BCUT2D eigenvalue weighted by atomic mass is 10.0. The second kappa shape index (κ2) is 6.17. The van der Waals surface area contributed by atoms with Crippen molar-refractivity contribution < 1.29 is 14.1 Å². The molecule has 0 aliphatic carbocycles. The monoisotopic (exact) mass is 288 g/mol. The number of rotatable bonds is 3. The van der Waals surface area contributed by atoms with Crippen LogP contribution in [0.2, 0.25) is 0 Å². The van der Waals surface area contributed by atoms with E-state index >= 15 is 0 Å². The van der Waals surface area contributed by atoms with Crippen molar-refractivity contribution in [2.75, 3.05) is 0 Å². The summed E-state index contributed by atoms with van der Waals surface area (Å²) < 4.78 is 5.14. The summed E-state index contributed by atoms with van der Waals surface area (Å²) in [6.07, 6.45) is 2.97. The van der Waals surface area contributed by atoms with Gasteiger partial charge in [-0.3, -0.25) is 25.4 Å². The lowest BCUT2D eigenvalue weighted by Crippen LogP contribution is -2.42. The molecule has 2 aromatic rings. The molecular weight excluding hydrogens is 272 g/mol. The van der Waals surface area contributed by atoms with Crippen molar-refractivity contribution in [3.8, 4) is 0 Å². The third-order valence-corrected chi connectivity index (χ3v) is 2.85. The second-order valence-electron chi connectivity index (χ2n) is 4.81. The summed E-state index contributed by atoms with van der Waals surface area (Å²) in [5.41, 5.74) is 5.86. The van der Waals surface area contributed by atoms with E-state index in [1.165, 1.54) is 6.20 Å². The Morgan fingerprint density at radius 2 is 1.95 bits per heavy atom. The number of pyridine rings is 1. The summed E-state index contributed by atoms with van der Waals surface area (Å²) in [5, 5.41) is 3.79. The Hall–Kier alpha value is -2.70. The van der Waals surface area contributed by atoms with E-state index < -0.39 is 11.8 Å². The van der Waals surface area contributed by atoms with Gasteiger partial charge in [0.15, 0.2) is 5.76 Å². The second-order valence-corrected chi connectivity index (χ2v) is 4.81. The lowest BCUT2D eigenvalue weighted by Gasteiger charge is -2.08. The fraction of sp³-hybridized carbons (Fsp3) is 0.286. The first kappa shape index (κ1) is 14.7. The van der Waals surface area contributed by atoms with Gasteiger partial charge in [0.05, 0.1) is 11.3 Å². The summed E-state index contributed by atoms with van der Waals surface area (Å²) in [7, 11) is 0. The van der Waals surface area contributed by atoms with Crippen LogP contribution in [0.1, 0.15) is 51.9 Å². The number of amides is 2. The summed E-state index contributed by atoms with van der Waals surface area (Å²) in [6, 6.07) is 3.23. The maximum Gasteiger partial charge on any atom is 0.275 e. The van der Waals surface area contributed by atoms with Crippen molar-refractivity contribution in [1.82, 2.24) is 21.0 Å². The minimum absolute atomic E-state index is 0.0148. The van der Waals surface area contributed by atoms with Gasteiger partial charge >= 0.3 is 0 Å². The summed E-state index contributed by atoms with van der Waals surface area (Å²) in [4.78, 5) is 27.8. The zero-order valence-electron chi connectivity index (χ0n) is 12.0. The standard InChI is InChI=1S/C14H16N4O3/c1-8(2)12-11(9(3)18-21-12)14(20)17-16-13(19)10-5-4-6-15-7-10/h4-8H,1-3H3,(H,16,19)(H,17,20). The van der Waals surface area contributed by atoms with Crippen LogP contribution in [0, 0.1) is 6.92 Å². The van der Waals surface area contributed by atoms with Crippen molar-refractivity contribution in [2.45, 2.75) is 26.7 Å². The van der Waals surface area contributed by atoms with Gasteiger partial charge in [0.25, 0.3) is 11.8 Å². The van der Waals surface area contributed by atoms with Crippen LogP contribution in [-0.2, 0) is 0 Å². The van der Waals surface area contributed by atoms with Gasteiger partial charge in [0.2, 0.25) is 0 Å². The molecule has 21 heavy (non-hydrogen) atoms. The molecule has 2 aromatic heterocycles. The Morgan fingerprint density at radius 3 is 2.57 bits per heavy atom. The average Bonchev–Trinajstić information content (AvgIpc) is 2.87. The highest BCUT2D eigenvalue weighted by molar-refractivity contribution is 6.00. The van der Waals surface area contributed by atoms with E-state index in [1.54, 1.807) is 25.3 Å². The van der Waals surface area contributed by atoms with Gasteiger partial charge in [-0.2, -0.15) is 0 Å². The highest BCUT2D eigenvalue weighted by atomic mass is 16.5. The normalized spacial score (nSPS) is 10.5. The molecule has 2 N–H and O–H groups in total.